The summed E-state index contributed by atoms with van der Waals surface area (Å²) in [5.74, 6) is 3.24. The van der Waals surface area contributed by atoms with E-state index in [2.05, 4.69) is 155 Å². The normalized spacial score (nSPS) is 14.6. The van der Waals surface area contributed by atoms with E-state index in [1.807, 2.05) is 11.8 Å². The van der Waals surface area contributed by atoms with Crippen LogP contribution in [0.2, 0.25) is 0 Å². The Morgan fingerprint density at radius 2 is 0.850 bits per heavy atom. The summed E-state index contributed by atoms with van der Waals surface area (Å²) >= 11 is 1.99. The van der Waals surface area contributed by atoms with Crippen molar-refractivity contribution in [3.63, 3.8) is 0 Å². The number of unbranched alkanes of at least 4 members (excludes halogenated alkanes) is 4. The Morgan fingerprint density at radius 3 is 1.45 bits per heavy atom. The van der Waals surface area contributed by atoms with E-state index in [0.29, 0.717) is 17.5 Å². The molecule has 302 valence electrons. The molecule has 9 rings (SSSR count). The lowest BCUT2D eigenvalue weighted by molar-refractivity contribution is 0.774. The largest absolute Gasteiger partial charge is 0.208 e. The molecule has 1 unspecified atom stereocenters. The number of benzene rings is 6. The second-order valence-corrected chi connectivity index (χ2v) is 18.0. The molecule has 1 aromatic heterocycles. The molecule has 60 heavy (non-hydrogen) atoms. The fraction of sp³-hybridized carbons (Fsp3) is 0.304. The van der Waals surface area contributed by atoms with Crippen LogP contribution in [0.5, 0.6) is 0 Å². The number of aromatic nitrogens is 3. The van der Waals surface area contributed by atoms with E-state index < -0.39 is 5.41 Å². The quantitative estimate of drug-likeness (QED) is 0.0720. The minimum absolute atomic E-state index is 0.461. The summed E-state index contributed by atoms with van der Waals surface area (Å²) < 4.78 is 0. The third kappa shape index (κ3) is 7.42. The van der Waals surface area contributed by atoms with Crippen LogP contribution in [-0.4, -0.2) is 20.7 Å². The van der Waals surface area contributed by atoms with E-state index in [-0.39, 0.29) is 0 Å². The number of fused-ring (bicyclic) bond motifs is 10. The van der Waals surface area contributed by atoms with Gasteiger partial charge in [-0.25, -0.2) is 15.0 Å². The van der Waals surface area contributed by atoms with Crippen molar-refractivity contribution in [2.75, 3.05) is 5.75 Å². The van der Waals surface area contributed by atoms with Gasteiger partial charge in [0.1, 0.15) is 0 Å². The second-order valence-electron chi connectivity index (χ2n) is 16.9. The molecule has 0 bridgehead atoms. The van der Waals surface area contributed by atoms with Crippen LogP contribution in [0.25, 0.3) is 56.4 Å². The number of hydrogen-bond donors (Lipinski definition) is 0. The van der Waals surface area contributed by atoms with Crippen LogP contribution in [0.4, 0.5) is 0 Å². The molecule has 0 fully saturated rings. The van der Waals surface area contributed by atoms with Crippen molar-refractivity contribution in [1.82, 2.24) is 15.0 Å². The standard InChI is InChI=1S/C56H57N3S/c1-5-9-15-38-20-25-41(26-21-38)53-57-54(42-27-22-39(23-28-42)16-10-6-2)59-55(58-53)43-29-32-47-45-18-13-14-19-49(45)56(51(47)36-43)50-35-40(17-11-7-3)24-31-46(50)48-33-30-44(37-52(48)56)60-34-12-8-4/h13-14,18-33,35-37H,5-12,15-17,34H2,1-4H3. The molecule has 1 atom stereocenters. The molecule has 0 amide bonds. The van der Waals surface area contributed by atoms with Crippen LogP contribution >= 0.6 is 11.8 Å². The highest BCUT2D eigenvalue weighted by molar-refractivity contribution is 7.99. The highest BCUT2D eigenvalue weighted by Crippen LogP contribution is 2.63. The van der Waals surface area contributed by atoms with Crippen LogP contribution in [0, 0.1) is 0 Å². The van der Waals surface area contributed by atoms with Gasteiger partial charge in [0.15, 0.2) is 17.5 Å². The molecule has 6 aromatic carbocycles. The van der Waals surface area contributed by atoms with Crippen molar-refractivity contribution in [3.8, 4) is 56.4 Å². The van der Waals surface area contributed by atoms with Gasteiger partial charge in [-0.15, -0.1) is 11.8 Å². The van der Waals surface area contributed by atoms with Gasteiger partial charge in [0, 0.05) is 21.6 Å². The molecule has 0 aliphatic heterocycles. The lowest BCUT2D eigenvalue weighted by atomic mass is 9.70. The second kappa shape index (κ2) is 17.7. The van der Waals surface area contributed by atoms with E-state index in [0.717, 1.165) is 41.7 Å². The number of thioether (sulfide) groups is 1. The van der Waals surface area contributed by atoms with Crippen LogP contribution < -0.4 is 0 Å². The fourth-order valence-corrected chi connectivity index (χ4v) is 10.5. The van der Waals surface area contributed by atoms with Crippen molar-refractivity contribution in [2.45, 2.75) is 109 Å². The summed E-state index contributed by atoms with van der Waals surface area (Å²) in [7, 11) is 0. The summed E-state index contributed by atoms with van der Waals surface area (Å²) in [6, 6.07) is 48.5. The third-order valence-electron chi connectivity index (χ3n) is 12.8. The zero-order valence-corrected chi connectivity index (χ0v) is 36.7. The predicted molar refractivity (Wildman–Crippen MR) is 254 cm³/mol. The Bertz CT molecular complexity index is 2560. The Balaban J connectivity index is 1.24. The smallest absolute Gasteiger partial charge is 0.164 e. The summed E-state index contributed by atoms with van der Waals surface area (Å²) in [6.45, 7) is 9.06. The first-order chi connectivity index (χ1) is 29.5. The van der Waals surface area contributed by atoms with Crippen LogP contribution in [0.15, 0.2) is 132 Å². The minimum Gasteiger partial charge on any atom is -0.208 e. The maximum Gasteiger partial charge on any atom is 0.164 e. The van der Waals surface area contributed by atoms with Crippen molar-refractivity contribution in [2.24, 2.45) is 0 Å². The van der Waals surface area contributed by atoms with Gasteiger partial charge in [-0.1, -0.05) is 163 Å². The molecular formula is C56H57N3S. The lowest BCUT2D eigenvalue weighted by Crippen LogP contribution is -2.26. The molecule has 0 radical (unpaired) electrons. The monoisotopic (exact) mass is 803 g/mol. The van der Waals surface area contributed by atoms with Crippen molar-refractivity contribution >= 4 is 11.8 Å². The zero-order chi connectivity index (χ0) is 41.1. The average molecular weight is 804 g/mol. The Kier molecular flexibility index (Phi) is 11.8. The summed E-state index contributed by atoms with van der Waals surface area (Å²) in [4.78, 5) is 17.1. The SMILES string of the molecule is CCCCSc1ccc2c(c1)C1(c3ccccc3-c3ccc(-c4nc(-c5ccc(CCCC)cc5)nc(-c5ccc(CCCC)cc5)n4)cc31)c1cc(CCCC)ccc1-2. The molecular weight excluding hydrogens is 747 g/mol. The van der Waals surface area contributed by atoms with Crippen LogP contribution in [0.1, 0.15) is 118 Å². The summed E-state index contributed by atoms with van der Waals surface area (Å²) in [6.07, 6.45) is 12.8. The molecule has 0 saturated heterocycles. The number of nitrogens with zero attached hydrogens (tertiary/aromatic N) is 3. The predicted octanol–water partition coefficient (Wildman–Crippen LogP) is 15.1. The maximum absolute atomic E-state index is 5.31. The van der Waals surface area contributed by atoms with Gasteiger partial charge in [-0.3, -0.25) is 0 Å². The summed E-state index contributed by atoms with van der Waals surface area (Å²) in [5, 5.41) is 0. The van der Waals surface area contributed by atoms with Crippen molar-refractivity contribution in [3.05, 3.63) is 166 Å². The van der Waals surface area contributed by atoms with Gasteiger partial charge >= 0.3 is 0 Å². The molecule has 2 aliphatic rings. The molecule has 2 aliphatic carbocycles. The third-order valence-corrected chi connectivity index (χ3v) is 13.8. The van der Waals surface area contributed by atoms with E-state index in [9.17, 15) is 0 Å². The van der Waals surface area contributed by atoms with Crippen molar-refractivity contribution < 1.29 is 0 Å². The molecule has 3 nitrogen and oxygen atoms in total. The molecule has 1 heterocycles. The zero-order valence-electron chi connectivity index (χ0n) is 35.9. The van der Waals surface area contributed by atoms with Crippen LogP contribution in [-0.2, 0) is 24.7 Å². The Hall–Kier alpha value is -5.32. The highest BCUT2D eigenvalue weighted by atomic mass is 32.2. The fourth-order valence-electron chi connectivity index (χ4n) is 9.48. The van der Waals surface area contributed by atoms with E-state index in [4.69, 9.17) is 15.0 Å². The molecule has 0 N–H and O–H groups in total. The topological polar surface area (TPSA) is 38.7 Å². The van der Waals surface area contributed by atoms with Gasteiger partial charge in [0.25, 0.3) is 0 Å². The van der Waals surface area contributed by atoms with Gasteiger partial charge in [-0.2, -0.15) is 0 Å². The Labute approximate surface area is 362 Å². The Morgan fingerprint density at radius 1 is 0.400 bits per heavy atom. The van der Waals surface area contributed by atoms with E-state index >= 15 is 0 Å². The van der Waals surface area contributed by atoms with Crippen molar-refractivity contribution in [1.29, 1.82) is 0 Å². The van der Waals surface area contributed by atoms with Crippen LogP contribution in [0.3, 0.4) is 0 Å². The average Bonchev–Trinajstić information content (AvgIpc) is 3.76. The molecule has 4 heteroatoms. The van der Waals surface area contributed by atoms with Gasteiger partial charge in [0.05, 0.1) is 5.41 Å². The lowest BCUT2D eigenvalue weighted by Gasteiger charge is -2.31. The maximum atomic E-state index is 5.31. The number of rotatable bonds is 16. The first-order valence-corrected chi connectivity index (χ1v) is 23.6. The van der Waals surface area contributed by atoms with Gasteiger partial charge < -0.3 is 0 Å². The minimum atomic E-state index is -0.461. The van der Waals surface area contributed by atoms with E-state index in [1.165, 1.54) is 117 Å². The van der Waals surface area contributed by atoms with E-state index in [1.54, 1.807) is 0 Å². The highest BCUT2D eigenvalue weighted by Gasteiger charge is 2.52. The number of hydrogen-bond acceptors (Lipinski definition) is 4. The first-order valence-electron chi connectivity index (χ1n) is 22.7. The van der Waals surface area contributed by atoms with Gasteiger partial charge in [-0.05, 0) is 130 Å². The number of aryl methyl sites for hydroxylation is 3. The first kappa shape index (κ1) is 40.1. The van der Waals surface area contributed by atoms with Gasteiger partial charge in [0.2, 0.25) is 0 Å². The molecule has 1 spiro atoms. The summed E-state index contributed by atoms with van der Waals surface area (Å²) in [5.41, 5.74) is 17.4. The molecule has 7 aromatic rings. The molecule has 0 saturated carbocycles.